The third-order valence-electron chi connectivity index (χ3n) is 3.73. The van der Waals surface area contributed by atoms with E-state index in [0.29, 0.717) is 13.0 Å². The molecule has 1 saturated carbocycles. The molecule has 0 bridgehead atoms. The maximum Gasteiger partial charge on any atom is 0.0720 e. The van der Waals surface area contributed by atoms with E-state index in [0.717, 1.165) is 24.8 Å². The van der Waals surface area contributed by atoms with Gasteiger partial charge in [0.25, 0.3) is 0 Å². The molecule has 0 amide bonds. The fraction of sp³-hybridized carbons (Fsp3) is 0.600. The molecule has 1 aromatic carbocycles. The van der Waals surface area contributed by atoms with Crippen molar-refractivity contribution in [2.75, 3.05) is 13.2 Å². The summed E-state index contributed by atoms with van der Waals surface area (Å²) < 4.78 is 5.88. The predicted octanol–water partition coefficient (Wildman–Crippen LogP) is 2.12. The lowest BCUT2D eigenvalue weighted by atomic mass is 9.98. The molecule has 0 saturated heterocycles. The second kappa shape index (κ2) is 6.32. The van der Waals surface area contributed by atoms with Crippen molar-refractivity contribution in [2.45, 2.75) is 38.4 Å². The fourth-order valence-corrected chi connectivity index (χ4v) is 2.26. The zero-order chi connectivity index (χ0) is 12.8. The highest BCUT2D eigenvalue weighted by Crippen LogP contribution is 2.49. The van der Waals surface area contributed by atoms with Crippen LogP contribution >= 0.6 is 0 Å². The van der Waals surface area contributed by atoms with E-state index in [-0.39, 0.29) is 24.7 Å². The Kier molecular flexibility index (Phi) is 4.75. The maximum absolute atomic E-state index is 9.34. The molecule has 0 spiro atoms. The predicted molar refractivity (Wildman–Crippen MR) is 70.1 cm³/mol. The van der Waals surface area contributed by atoms with Crippen molar-refractivity contribution in [2.24, 2.45) is 5.41 Å². The largest absolute Gasteiger partial charge is 0.396 e. The van der Waals surface area contributed by atoms with Gasteiger partial charge in [0.15, 0.2) is 0 Å². The number of hydrogen-bond acceptors (Lipinski definition) is 3. The first-order valence-electron chi connectivity index (χ1n) is 6.65. The Morgan fingerprint density at radius 3 is 2.44 bits per heavy atom. The minimum atomic E-state index is 0.0462. The molecule has 3 nitrogen and oxygen atoms in total. The van der Waals surface area contributed by atoms with Crippen molar-refractivity contribution >= 4 is 0 Å². The van der Waals surface area contributed by atoms with E-state index in [4.69, 9.17) is 9.84 Å². The fourth-order valence-electron chi connectivity index (χ4n) is 2.26. The number of benzene rings is 1. The van der Waals surface area contributed by atoms with Crippen LogP contribution in [0.3, 0.4) is 0 Å². The molecule has 0 aromatic heterocycles. The standard InChI is InChI=1S/C15H22O3/c16-9-6-14(10-15(12-17)7-8-15)18-11-13-4-2-1-3-5-13/h1-5,14,16-17H,6-12H2/t14-/m1/s1. The Balaban J connectivity index is 1.82. The SMILES string of the molecule is OCC[C@H](CC1(CO)CC1)OCc1ccccc1. The molecule has 1 aliphatic rings. The third kappa shape index (κ3) is 3.80. The van der Waals surface area contributed by atoms with E-state index in [9.17, 15) is 5.11 Å². The molecule has 18 heavy (non-hydrogen) atoms. The van der Waals surface area contributed by atoms with Crippen LogP contribution in [0.25, 0.3) is 0 Å². The smallest absolute Gasteiger partial charge is 0.0720 e. The van der Waals surface area contributed by atoms with Crippen molar-refractivity contribution in [3.8, 4) is 0 Å². The van der Waals surface area contributed by atoms with E-state index in [1.165, 1.54) is 0 Å². The Bertz CT molecular complexity index is 346. The van der Waals surface area contributed by atoms with Gasteiger partial charge in [-0.1, -0.05) is 30.3 Å². The summed E-state index contributed by atoms with van der Waals surface area (Å²) in [4.78, 5) is 0. The van der Waals surface area contributed by atoms with Crippen molar-refractivity contribution < 1.29 is 14.9 Å². The van der Waals surface area contributed by atoms with Crippen LogP contribution in [0.4, 0.5) is 0 Å². The zero-order valence-electron chi connectivity index (χ0n) is 10.7. The minimum Gasteiger partial charge on any atom is -0.396 e. The normalized spacial score (nSPS) is 18.6. The summed E-state index contributed by atoms with van der Waals surface area (Å²) >= 11 is 0. The maximum atomic E-state index is 9.34. The molecule has 1 fully saturated rings. The molecule has 100 valence electrons. The summed E-state index contributed by atoms with van der Waals surface area (Å²) in [5.41, 5.74) is 1.23. The molecule has 1 aliphatic carbocycles. The van der Waals surface area contributed by atoms with Crippen LogP contribution in [0.5, 0.6) is 0 Å². The molecule has 1 atom stereocenters. The molecular weight excluding hydrogens is 228 g/mol. The summed E-state index contributed by atoms with van der Waals surface area (Å²) in [6.45, 7) is 0.956. The van der Waals surface area contributed by atoms with E-state index in [2.05, 4.69) is 0 Å². The first-order valence-corrected chi connectivity index (χ1v) is 6.65. The van der Waals surface area contributed by atoms with Gasteiger partial charge in [-0.15, -0.1) is 0 Å². The lowest BCUT2D eigenvalue weighted by Gasteiger charge is -2.21. The molecule has 0 radical (unpaired) electrons. The van der Waals surface area contributed by atoms with Gasteiger partial charge < -0.3 is 14.9 Å². The van der Waals surface area contributed by atoms with E-state index < -0.39 is 0 Å². The average Bonchev–Trinajstić information content (AvgIpc) is 3.18. The van der Waals surface area contributed by atoms with Crippen LogP contribution < -0.4 is 0 Å². The van der Waals surface area contributed by atoms with Crippen molar-refractivity contribution in [3.63, 3.8) is 0 Å². The summed E-state index contributed by atoms with van der Waals surface area (Å²) in [6, 6.07) is 10.1. The molecule has 2 N–H and O–H groups in total. The van der Waals surface area contributed by atoms with Crippen LogP contribution in [-0.4, -0.2) is 29.5 Å². The van der Waals surface area contributed by atoms with Gasteiger partial charge in [0.05, 0.1) is 12.7 Å². The summed E-state index contributed by atoms with van der Waals surface area (Å²) in [5, 5.41) is 18.4. The first kappa shape index (κ1) is 13.5. The van der Waals surface area contributed by atoms with Crippen LogP contribution in [0.15, 0.2) is 30.3 Å². The van der Waals surface area contributed by atoms with Gasteiger partial charge in [0.2, 0.25) is 0 Å². The first-order chi connectivity index (χ1) is 8.78. The van der Waals surface area contributed by atoms with Crippen molar-refractivity contribution in [1.29, 1.82) is 0 Å². The van der Waals surface area contributed by atoms with Crippen LogP contribution in [0.2, 0.25) is 0 Å². The van der Waals surface area contributed by atoms with Crippen molar-refractivity contribution in [1.82, 2.24) is 0 Å². The average molecular weight is 250 g/mol. The van der Waals surface area contributed by atoms with E-state index >= 15 is 0 Å². The number of aliphatic hydroxyl groups excluding tert-OH is 2. The van der Waals surface area contributed by atoms with Gasteiger partial charge in [0.1, 0.15) is 0 Å². The Labute approximate surface area is 108 Å². The van der Waals surface area contributed by atoms with Crippen molar-refractivity contribution in [3.05, 3.63) is 35.9 Å². The van der Waals surface area contributed by atoms with Gasteiger partial charge in [-0.2, -0.15) is 0 Å². The summed E-state index contributed by atoms with van der Waals surface area (Å²) in [5.74, 6) is 0. The highest BCUT2D eigenvalue weighted by molar-refractivity contribution is 5.13. The van der Waals surface area contributed by atoms with E-state index in [1.54, 1.807) is 0 Å². The van der Waals surface area contributed by atoms with E-state index in [1.807, 2.05) is 30.3 Å². The number of ether oxygens (including phenoxy) is 1. The Morgan fingerprint density at radius 2 is 1.89 bits per heavy atom. The Morgan fingerprint density at radius 1 is 1.17 bits per heavy atom. The molecule has 0 heterocycles. The quantitative estimate of drug-likeness (QED) is 0.743. The lowest BCUT2D eigenvalue weighted by Crippen LogP contribution is -2.22. The molecule has 1 aromatic rings. The molecule has 0 aliphatic heterocycles. The monoisotopic (exact) mass is 250 g/mol. The highest BCUT2D eigenvalue weighted by atomic mass is 16.5. The summed E-state index contributed by atoms with van der Waals surface area (Å²) in [7, 11) is 0. The minimum absolute atomic E-state index is 0.0462. The number of aliphatic hydroxyl groups is 2. The van der Waals surface area contributed by atoms with Gasteiger partial charge in [0, 0.05) is 13.2 Å². The van der Waals surface area contributed by atoms with Gasteiger partial charge >= 0.3 is 0 Å². The van der Waals surface area contributed by atoms with Crippen LogP contribution in [0.1, 0.15) is 31.2 Å². The van der Waals surface area contributed by atoms with Crippen LogP contribution in [-0.2, 0) is 11.3 Å². The molecule has 3 heteroatoms. The topological polar surface area (TPSA) is 49.7 Å². The van der Waals surface area contributed by atoms with Gasteiger partial charge in [-0.25, -0.2) is 0 Å². The third-order valence-corrected chi connectivity index (χ3v) is 3.73. The number of hydrogen-bond donors (Lipinski definition) is 2. The summed E-state index contributed by atoms with van der Waals surface area (Å²) in [6.07, 6.45) is 3.72. The Hall–Kier alpha value is -0.900. The van der Waals surface area contributed by atoms with Gasteiger partial charge in [-0.05, 0) is 36.7 Å². The van der Waals surface area contributed by atoms with Crippen LogP contribution in [0, 0.1) is 5.41 Å². The highest BCUT2D eigenvalue weighted by Gasteiger charge is 2.43. The molecule has 0 unspecified atom stereocenters. The second-order valence-corrected chi connectivity index (χ2v) is 5.29. The molecule has 2 rings (SSSR count). The second-order valence-electron chi connectivity index (χ2n) is 5.29. The lowest BCUT2D eigenvalue weighted by molar-refractivity contribution is -0.000815. The van der Waals surface area contributed by atoms with Gasteiger partial charge in [-0.3, -0.25) is 0 Å². The number of rotatable bonds is 8. The zero-order valence-corrected chi connectivity index (χ0v) is 10.7. The molecular formula is C15H22O3.